The molecule has 1 aromatic carbocycles. The van der Waals surface area contributed by atoms with Crippen LogP contribution >= 0.6 is 0 Å². The van der Waals surface area contributed by atoms with Gasteiger partial charge in [0, 0.05) is 7.11 Å². The van der Waals surface area contributed by atoms with Crippen LogP contribution in [-0.4, -0.2) is 21.4 Å². The molecule has 0 atom stereocenters. The standard InChI is InChI=1S/C16H16N2O5S/c1-11-15(7-14(23-11)9-22-2)16(19)18-24(20,21)10-13-6-4-3-5-12(13)8-17/h3-7H,9-10H2,1-2H3,(H,18,19). The highest BCUT2D eigenvalue weighted by atomic mass is 32.2. The Morgan fingerprint density at radius 2 is 2.08 bits per heavy atom. The number of sulfonamides is 1. The minimum absolute atomic E-state index is 0.124. The molecule has 0 bridgehead atoms. The van der Waals surface area contributed by atoms with Crippen molar-refractivity contribution in [3.8, 4) is 6.07 Å². The number of hydrogen-bond acceptors (Lipinski definition) is 6. The number of furan rings is 1. The van der Waals surface area contributed by atoms with Gasteiger partial charge in [0.15, 0.2) is 0 Å². The van der Waals surface area contributed by atoms with Gasteiger partial charge in [0.1, 0.15) is 18.1 Å². The van der Waals surface area contributed by atoms with E-state index in [4.69, 9.17) is 14.4 Å². The van der Waals surface area contributed by atoms with Gasteiger partial charge in [0.2, 0.25) is 10.0 Å². The van der Waals surface area contributed by atoms with E-state index in [2.05, 4.69) is 0 Å². The Kier molecular flexibility index (Phi) is 5.39. The van der Waals surface area contributed by atoms with E-state index in [9.17, 15) is 13.2 Å². The predicted octanol–water partition coefficient (Wildman–Crippen LogP) is 1.87. The lowest BCUT2D eigenvalue weighted by molar-refractivity contribution is 0.0980. The van der Waals surface area contributed by atoms with Gasteiger partial charge in [-0.3, -0.25) is 4.79 Å². The first-order chi connectivity index (χ1) is 11.4. The third-order valence-corrected chi connectivity index (χ3v) is 4.42. The van der Waals surface area contributed by atoms with Gasteiger partial charge in [-0.1, -0.05) is 18.2 Å². The average Bonchev–Trinajstić information content (AvgIpc) is 2.88. The summed E-state index contributed by atoms with van der Waals surface area (Å²) in [6.45, 7) is 1.74. The second-order valence-corrected chi connectivity index (χ2v) is 6.80. The van der Waals surface area contributed by atoms with E-state index in [0.717, 1.165) is 0 Å². The number of ether oxygens (including phenoxy) is 1. The molecule has 126 valence electrons. The molecule has 0 aliphatic carbocycles. The SMILES string of the molecule is COCc1cc(C(=O)NS(=O)(=O)Cc2ccccc2C#N)c(C)o1. The maximum atomic E-state index is 12.2. The van der Waals surface area contributed by atoms with Crippen molar-refractivity contribution < 1.29 is 22.4 Å². The van der Waals surface area contributed by atoms with E-state index in [-0.39, 0.29) is 17.7 Å². The van der Waals surface area contributed by atoms with Crippen molar-refractivity contribution in [3.05, 3.63) is 58.5 Å². The Hall–Kier alpha value is -2.63. The second kappa shape index (κ2) is 7.29. The molecule has 2 aromatic rings. The Labute approximate surface area is 139 Å². The number of amides is 1. The zero-order valence-corrected chi connectivity index (χ0v) is 14.0. The van der Waals surface area contributed by atoms with E-state index < -0.39 is 21.7 Å². The van der Waals surface area contributed by atoms with E-state index >= 15 is 0 Å². The van der Waals surface area contributed by atoms with Crippen LogP contribution in [0.1, 0.15) is 33.0 Å². The van der Waals surface area contributed by atoms with Crippen LogP contribution in [0.5, 0.6) is 0 Å². The normalized spacial score (nSPS) is 11.0. The number of nitrogens with zero attached hydrogens (tertiary/aromatic N) is 1. The molecule has 24 heavy (non-hydrogen) atoms. The Morgan fingerprint density at radius 3 is 2.75 bits per heavy atom. The van der Waals surface area contributed by atoms with Gasteiger partial charge >= 0.3 is 0 Å². The monoisotopic (exact) mass is 348 g/mol. The molecule has 0 aliphatic rings. The summed E-state index contributed by atoms with van der Waals surface area (Å²) >= 11 is 0. The minimum Gasteiger partial charge on any atom is -0.463 e. The topological polar surface area (TPSA) is 109 Å². The summed E-state index contributed by atoms with van der Waals surface area (Å²) in [5.74, 6) is -0.530. The Bertz CT molecular complexity index is 893. The lowest BCUT2D eigenvalue weighted by Crippen LogP contribution is -2.32. The van der Waals surface area contributed by atoms with Crippen LogP contribution in [0.2, 0.25) is 0 Å². The quantitative estimate of drug-likeness (QED) is 0.853. The molecule has 0 saturated carbocycles. The number of carbonyl (C=O) groups excluding carboxylic acids is 1. The fourth-order valence-corrected chi connectivity index (χ4v) is 3.30. The maximum Gasteiger partial charge on any atom is 0.268 e. The van der Waals surface area contributed by atoms with Crippen LogP contribution < -0.4 is 4.72 Å². The third kappa shape index (κ3) is 4.22. The summed E-state index contributed by atoms with van der Waals surface area (Å²) in [6, 6.07) is 9.68. The molecule has 0 aliphatic heterocycles. The van der Waals surface area contributed by atoms with Crippen molar-refractivity contribution in [2.45, 2.75) is 19.3 Å². The first kappa shape index (κ1) is 17.7. The number of carbonyl (C=O) groups is 1. The molecule has 0 saturated heterocycles. The molecule has 0 spiro atoms. The molecular formula is C16H16N2O5S. The number of nitrogens with one attached hydrogen (secondary N) is 1. The van der Waals surface area contributed by atoms with Crippen LogP contribution in [0.3, 0.4) is 0 Å². The number of aryl methyl sites for hydroxylation is 1. The average molecular weight is 348 g/mol. The van der Waals surface area contributed by atoms with Gasteiger partial charge in [-0.15, -0.1) is 0 Å². The number of rotatable bonds is 6. The highest BCUT2D eigenvalue weighted by Gasteiger charge is 2.22. The molecule has 7 nitrogen and oxygen atoms in total. The van der Waals surface area contributed by atoms with Gasteiger partial charge in [-0.2, -0.15) is 5.26 Å². The molecule has 2 rings (SSSR count). The third-order valence-electron chi connectivity index (χ3n) is 3.23. The summed E-state index contributed by atoms with van der Waals surface area (Å²) in [7, 11) is -2.48. The maximum absolute atomic E-state index is 12.2. The fourth-order valence-electron chi connectivity index (χ4n) is 2.17. The van der Waals surface area contributed by atoms with Crippen LogP contribution in [0, 0.1) is 18.3 Å². The first-order valence-electron chi connectivity index (χ1n) is 6.97. The highest BCUT2D eigenvalue weighted by molar-refractivity contribution is 7.89. The van der Waals surface area contributed by atoms with E-state index in [1.165, 1.54) is 25.3 Å². The minimum atomic E-state index is -3.96. The molecule has 1 amide bonds. The van der Waals surface area contributed by atoms with Gasteiger partial charge in [-0.05, 0) is 24.6 Å². The first-order valence-corrected chi connectivity index (χ1v) is 8.62. The number of methoxy groups -OCH3 is 1. The van der Waals surface area contributed by atoms with Gasteiger partial charge in [0.25, 0.3) is 5.91 Å². The summed E-state index contributed by atoms with van der Waals surface area (Å²) in [5.41, 5.74) is 0.695. The summed E-state index contributed by atoms with van der Waals surface area (Å²) in [4.78, 5) is 12.2. The molecule has 1 heterocycles. The zero-order valence-electron chi connectivity index (χ0n) is 13.2. The van der Waals surface area contributed by atoms with Crippen molar-refractivity contribution >= 4 is 15.9 Å². The van der Waals surface area contributed by atoms with E-state index in [0.29, 0.717) is 17.1 Å². The molecule has 8 heteroatoms. The van der Waals surface area contributed by atoms with E-state index in [1.807, 2.05) is 10.8 Å². The van der Waals surface area contributed by atoms with Crippen LogP contribution in [-0.2, 0) is 27.1 Å². The summed E-state index contributed by atoms with van der Waals surface area (Å²) in [6.07, 6.45) is 0. The summed E-state index contributed by atoms with van der Waals surface area (Å²) in [5, 5.41) is 9.01. The lowest BCUT2D eigenvalue weighted by Gasteiger charge is -2.07. The van der Waals surface area contributed by atoms with Crippen molar-refractivity contribution in [1.29, 1.82) is 5.26 Å². The molecule has 1 aromatic heterocycles. The second-order valence-electron chi connectivity index (χ2n) is 5.07. The van der Waals surface area contributed by atoms with Crippen LogP contribution in [0.25, 0.3) is 0 Å². The van der Waals surface area contributed by atoms with Crippen molar-refractivity contribution in [2.24, 2.45) is 0 Å². The Morgan fingerprint density at radius 1 is 1.38 bits per heavy atom. The highest BCUT2D eigenvalue weighted by Crippen LogP contribution is 2.16. The fraction of sp³-hybridized carbons (Fsp3) is 0.250. The number of benzene rings is 1. The summed E-state index contributed by atoms with van der Waals surface area (Å²) < 4.78 is 36.6. The van der Waals surface area contributed by atoms with Crippen molar-refractivity contribution in [1.82, 2.24) is 4.72 Å². The lowest BCUT2D eigenvalue weighted by atomic mass is 10.1. The van der Waals surface area contributed by atoms with E-state index in [1.54, 1.807) is 19.1 Å². The molecule has 0 fully saturated rings. The molecule has 0 unspecified atom stereocenters. The predicted molar refractivity (Wildman–Crippen MR) is 85.4 cm³/mol. The van der Waals surface area contributed by atoms with Crippen molar-refractivity contribution in [3.63, 3.8) is 0 Å². The van der Waals surface area contributed by atoms with Crippen molar-refractivity contribution in [2.75, 3.05) is 7.11 Å². The zero-order chi connectivity index (χ0) is 17.7. The van der Waals surface area contributed by atoms with Gasteiger partial charge < -0.3 is 9.15 Å². The largest absolute Gasteiger partial charge is 0.463 e. The molecule has 0 radical (unpaired) electrons. The molecule has 1 N–H and O–H groups in total. The van der Waals surface area contributed by atoms with Gasteiger partial charge in [-0.25, -0.2) is 13.1 Å². The number of nitriles is 1. The number of hydrogen-bond donors (Lipinski definition) is 1. The smallest absolute Gasteiger partial charge is 0.268 e. The van der Waals surface area contributed by atoms with Crippen LogP contribution in [0.4, 0.5) is 0 Å². The van der Waals surface area contributed by atoms with Gasteiger partial charge in [0.05, 0.1) is 22.9 Å². The Balaban J connectivity index is 2.17. The van der Waals surface area contributed by atoms with Crippen LogP contribution in [0.15, 0.2) is 34.7 Å². The molecular weight excluding hydrogens is 332 g/mol.